The monoisotopic (exact) mass is 349 g/mol. The van der Waals surface area contributed by atoms with Crippen molar-refractivity contribution in [3.8, 4) is 0 Å². The molecule has 1 aromatic heterocycles. The van der Waals surface area contributed by atoms with Gasteiger partial charge in [-0.2, -0.15) is 0 Å². The molecule has 136 valence electrons. The minimum atomic E-state index is 0.298. The van der Waals surface area contributed by atoms with Crippen LogP contribution in [0.15, 0.2) is 54.9 Å². The molecule has 5 rings (SSSR count). The number of fused-ring (bicyclic) bond motifs is 4. The third-order valence-electron chi connectivity index (χ3n) is 5.76. The van der Waals surface area contributed by atoms with Crippen LogP contribution in [0.25, 0.3) is 0 Å². The van der Waals surface area contributed by atoms with Crippen LogP contribution in [0.2, 0.25) is 0 Å². The normalized spacial score (nSPS) is 23.0. The summed E-state index contributed by atoms with van der Waals surface area (Å²) in [7, 11) is 0. The van der Waals surface area contributed by atoms with Crippen molar-refractivity contribution >= 4 is 5.91 Å². The van der Waals surface area contributed by atoms with Gasteiger partial charge in [0.15, 0.2) is 0 Å². The van der Waals surface area contributed by atoms with Crippen LogP contribution in [0.4, 0.5) is 0 Å². The molecule has 0 radical (unpaired) electrons. The van der Waals surface area contributed by atoms with E-state index in [0.717, 1.165) is 38.2 Å². The van der Waals surface area contributed by atoms with Crippen molar-refractivity contribution in [3.63, 3.8) is 0 Å². The molecular weight excluding hydrogens is 322 g/mol. The number of rotatable bonds is 5. The SMILES string of the molecule is O=C(CCc1cccnc1)N1C[C@@H]2CC[C@H](C1)N(Cc1ccccc1)C2. The van der Waals surface area contributed by atoms with E-state index < -0.39 is 0 Å². The highest BCUT2D eigenvalue weighted by Crippen LogP contribution is 2.29. The zero-order valence-corrected chi connectivity index (χ0v) is 15.3. The number of aryl methyl sites for hydroxylation is 1. The Kier molecular flexibility index (Phi) is 5.30. The first-order chi connectivity index (χ1) is 12.8. The van der Waals surface area contributed by atoms with E-state index in [2.05, 4.69) is 45.1 Å². The average Bonchev–Trinajstić information content (AvgIpc) is 3.00. The summed E-state index contributed by atoms with van der Waals surface area (Å²) in [4.78, 5) is 21.7. The summed E-state index contributed by atoms with van der Waals surface area (Å²) >= 11 is 0. The predicted molar refractivity (Wildman–Crippen MR) is 103 cm³/mol. The highest BCUT2D eigenvalue weighted by atomic mass is 16.2. The molecule has 3 aliphatic rings. The second-order valence-electron chi connectivity index (χ2n) is 7.67. The first-order valence-electron chi connectivity index (χ1n) is 9.72. The number of hydrogen-bond donors (Lipinski definition) is 0. The summed E-state index contributed by atoms with van der Waals surface area (Å²) in [5, 5.41) is 0. The highest BCUT2D eigenvalue weighted by Gasteiger charge is 2.36. The summed E-state index contributed by atoms with van der Waals surface area (Å²) in [6.07, 6.45) is 7.47. The molecule has 1 amide bonds. The highest BCUT2D eigenvalue weighted by molar-refractivity contribution is 5.76. The van der Waals surface area contributed by atoms with Crippen molar-refractivity contribution in [2.24, 2.45) is 5.92 Å². The van der Waals surface area contributed by atoms with Crippen LogP contribution >= 0.6 is 0 Å². The van der Waals surface area contributed by atoms with Crippen molar-refractivity contribution in [2.45, 2.75) is 38.3 Å². The quantitative estimate of drug-likeness (QED) is 0.832. The molecule has 0 N–H and O–H groups in total. The van der Waals surface area contributed by atoms with E-state index in [1.165, 1.54) is 18.4 Å². The number of carbonyl (C=O) groups is 1. The summed E-state index contributed by atoms with van der Waals surface area (Å²) < 4.78 is 0. The Hall–Kier alpha value is -2.20. The van der Waals surface area contributed by atoms with Gasteiger partial charge in [-0.1, -0.05) is 36.4 Å². The lowest BCUT2D eigenvalue weighted by Gasteiger charge is -2.36. The van der Waals surface area contributed by atoms with Crippen molar-refractivity contribution in [1.29, 1.82) is 0 Å². The maximum Gasteiger partial charge on any atom is 0.222 e. The molecule has 0 spiro atoms. The summed E-state index contributed by atoms with van der Waals surface area (Å²) in [6.45, 7) is 3.93. The van der Waals surface area contributed by atoms with Gasteiger partial charge in [-0.15, -0.1) is 0 Å². The zero-order valence-electron chi connectivity index (χ0n) is 15.3. The molecule has 3 aliphatic heterocycles. The Morgan fingerprint density at radius 1 is 1.00 bits per heavy atom. The van der Waals surface area contributed by atoms with Crippen molar-refractivity contribution in [3.05, 3.63) is 66.0 Å². The number of carbonyl (C=O) groups excluding carboxylic acids is 1. The molecule has 0 saturated carbocycles. The molecule has 2 atom stereocenters. The van der Waals surface area contributed by atoms with Crippen LogP contribution in [-0.4, -0.2) is 46.4 Å². The Bertz CT molecular complexity index is 719. The van der Waals surface area contributed by atoms with Crippen LogP contribution in [-0.2, 0) is 17.8 Å². The Morgan fingerprint density at radius 2 is 1.85 bits per heavy atom. The van der Waals surface area contributed by atoms with Gasteiger partial charge in [-0.3, -0.25) is 14.7 Å². The van der Waals surface area contributed by atoms with Crippen LogP contribution < -0.4 is 0 Å². The number of nitrogens with zero attached hydrogens (tertiary/aromatic N) is 3. The molecule has 4 heteroatoms. The van der Waals surface area contributed by atoms with Gasteiger partial charge in [0.2, 0.25) is 5.91 Å². The van der Waals surface area contributed by atoms with E-state index in [1.54, 1.807) is 6.20 Å². The summed E-state index contributed by atoms with van der Waals surface area (Å²) in [5.41, 5.74) is 2.51. The van der Waals surface area contributed by atoms with E-state index in [1.807, 2.05) is 18.3 Å². The second-order valence-corrected chi connectivity index (χ2v) is 7.67. The zero-order chi connectivity index (χ0) is 17.8. The number of aromatic nitrogens is 1. The third-order valence-corrected chi connectivity index (χ3v) is 5.76. The van der Waals surface area contributed by atoms with Crippen molar-refractivity contribution < 1.29 is 4.79 Å². The predicted octanol–water partition coefficient (Wildman–Crippen LogP) is 3.14. The molecule has 0 aliphatic carbocycles. The van der Waals surface area contributed by atoms with Gasteiger partial charge in [0, 0.05) is 51.0 Å². The number of piperidine rings is 1. The fourth-order valence-corrected chi connectivity index (χ4v) is 4.35. The largest absolute Gasteiger partial charge is 0.341 e. The molecule has 1 aromatic carbocycles. The van der Waals surface area contributed by atoms with Crippen LogP contribution in [0.3, 0.4) is 0 Å². The maximum absolute atomic E-state index is 12.8. The number of hydrogen-bond acceptors (Lipinski definition) is 3. The third kappa shape index (κ3) is 4.13. The van der Waals surface area contributed by atoms with Gasteiger partial charge < -0.3 is 4.90 Å². The van der Waals surface area contributed by atoms with Gasteiger partial charge in [0.05, 0.1) is 0 Å². The molecule has 3 fully saturated rings. The molecule has 2 aromatic rings. The summed E-state index contributed by atoms with van der Waals surface area (Å²) in [5.74, 6) is 0.909. The van der Waals surface area contributed by atoms with Crippen LogP contribution in [0.5, 0.6) is 0 Å². The minimum absolute atomic E-state index is 0.298. The van der Waals surface area contributed by atoms with Gasteiger partial charge in [0.1, 0.15) is 0 Å². The first kappa shape index (κ1) is 17.2. The maximum atomic E-state index is 12.8. The smallest absolute Gasteiger partial charge is 0.222 e. The fraction of sp³-hybridized carbons (Fsp3) is 0.455. The number of pyridine rings is 1. The van der Waals surface area contributed by atoms with Crippen molar-refractivity contribution in [1.82, 2.24) is 14.8 Å². The van der Waals surface area contributed by atoms with E-state index in [-0.39, 0.29) is 0 Å². The topological polar surface area (TPSA) is 36.4 Å². The molecule has 2 bridgehead atoms. The Labute approximate surface area is 155 Å². The van der Waals surface area contributed by atoms with Gasteiger partial charge in [-0.05, 0) is 42.4 Å². The van der Waals surface area contributed by atoms with Gasteiger partial charge in [0.25, 0.3) is 0 Å². The lowest BCUT2D eigenvalue weighted by molar-refractivity contribution is -0.131. The first-order valence-corrected chi connectivity index (χ1v) is 9.72. The van der Waals surface area contributed by atoms with Gasteiger partial charge >= 0.3 is 0 Å². The standard InChI is InChI=1S/C22H27N3O/c26-22(11-9-18-7-4-12-23-13-18)25-16-20-8-10-21(17-25)24(15-20)14-19-5-2-1-3-6-19/h1-7,12-13,20-21H,8-11,14-17H2/t20-,21-/m1/s1. The van der Waals surface area contributed by atoms with E-state index in [4.69, 9.17) is 0 Å². The summed E-state index contributed by atoms with van der Waals surface area (Å²) in [6, 6.07) is 15.2. The van der Waals surface area contributed by atoms with E-state index in [0.29, 0.717) is 24.3 Å². The second kappa shape index (κ2) is 8.00. The lowest BCUT2D eigenvalue weighted by atomic mass is 9.94. The lowest BCUT2D eigenvalue weighted by Crippen LogP contribution is -2.43. The number of benzene rings is 1. The molecule has 0 unspecified atom stereocenters. The molecule has 4 heterocycles. The average molecular weight is 349 g/mol. The Morgan fingerprint density at radius 3 is 2.65 bits per heavy atom. The van der Waals surface area contributed by atoms with Crippen LogP contribution in [0.1, 0.15) is 30.4 Å². The molecule has 3 saturated heterocycles. The van der Waals surface area contributed by atoms with Crippen LogP contribution in [0, 0.1) is 5.92 Å². The van der Waals surface area contributed by atoms with E-state index in [9.17, 15) is 4.79 Å². The molecular formula is C22H27N3O. The fourth-order valence-electron chi connectivity index (χ4n) is 4.35. The Balaban J connectivity index is 1.37. The number of amides is 1. The van der Waals surface area contributed by atoms with Crippen molar-refractivity contribution in [2.75, 3.05) is 19.6 Å². The molecule has 26 heavy (non-hydrogen) atoms. The van der Waals surface area contributed by atoms with E-state index >= 15 is 0 Å². The molecule has 4 nitrogen and oxygen atoms in total. The minimum Gasteiger partial charge on any atom is -0.341 e. The van der Waals surface area contributed by atoms with Gasteiger partial charge in [-0.25, -0.2) is 0 Å².